The van der Waals surface area contributed by atoms with Crippen molar-refractivity contribution in [1.29, 1.82) is 0 Å². The van der Waals surface area contributed by atoms with E-state index in [9.17, 15) is 13.2 Å². The van der Waals surface area contributed by atoms with E-state index in [2.05, 4.69) is 35.4 Å². The maximum absolute atomic E-state index is 13.2. The van der Waals surface area contributed by atoms with E-state index in [0.717, 1.165) is 43.5 Å². The lowest BCUT2D eigenvalue weighted by Gasteiger charge is -2.34. The lowest BCUT2D eigenvalue weighted by molar-refractivity contribution is 0.0981. The molecule has 0 aromatic carbocycles. The summed E-state index contributed by atoms with van der Waals surface area (Å²) in [6.45, 7) is 7.19. The average molecular weight is 430 g/mol. The number of nitrogens with two attached hydrogens (primary N) is 1. The molecule has 1 amide bonds. The normalized spacial score (nSPS) is 20.2. The zero-order valence-corrected chi connectivity index (χ0v) is 18.3. The van der Waals surface area contributed by atoms with Crippen molar-refractivity contribution in [2.24, 2.45) is 5.92 Å². The second kappa shape index (κ2) is 7.23. The Morgan fingerprint density at radius 1 is 1.27 bits per heavy atom. The van der Waals surface area contributed by atoms with Gasteiger partial charge in [-0.25, -0.2) is 14.7 Å². The summed E-state index contributed by atoms with van der Waals surface area (Å²) < 4.78 is 27.6. The summed E-state index contributed by atoms with van der Waals surface area (Å²) in [5.41, 5.74) is 7.71. The van der Waals surface area contributed by atoms with Crippen LogP contribution in [0.15, 0.2) is 29.3 Å². The number of fused-ring (bicyclic) bond motifs is 1. The zero-order valence-electron chi connectivity index (χ0n) is 17.5. The van der Waals surface area contributed by atoms with Crippen LogP contribution >= 0.6 is 0 Å². The van der Waals surface area contributed by atoms with Crippen LogP contribution in [0.1, 0.15) is 55.2 Å². The molecule has 8 nitrogen and oxygen atoms in total. The fourth-order valence-electron chi connectivity index (χ4n) is 4.60. The highest BCUT2D eigenvalue weighted by atomic mass is 32.2. The first-order valence-electron chi connectivity index (χ1n) is 10.2. The van der Waals surface area contributed by atoms with Crippen molar-refractivity contribution in [2.75, 3.05) is 17.2 Å². The standard InChI is InChI=1S/C21H27N5O3S/c1-13-11-21(2,3)26(12-13)19-15(10-14-6-4-7-16(14)23-19)20(27)25-30(28,29)18-9-5-8-17(22)24-18/h5,8-10,13H,4,6-7,11-12H2,1-3H3,(H2,22,24)(H,25,27)/t13-/m0/s1. The van der Waals surface area contributed by atoms with Gasteiger partial charge in [0.1, 0.15) is 11.6 Å². The summed E-state index contributed by atoms with van der Waals surface area (Å²) in [7, 11) is -4.16. The molecule has 1 saturated heterocycles. The maximum atomic E-state index is 13.2. The molecule has 0 radical (unpaired) electrons. The van der Waals surface area contributed by atoms with Gasteiger partial charge in [0, 0.05) is 17.8 Å². The first-order valence-corrected chi connectivity index (χ1v) is 11.7. The van der Waals surface area contributed by atoms with Gasteiger partial charge in [-0.3, -0.25) is 4.79 Å². The van der Waals surface area contributed by atoms with Crippen LogP contribution in [0.3, 0.4) is 0 Å². The minimum Gasteiger partial charge on any atom is -0.384 e. The van der Waals surface area contributed by atoms with Gasteiger partial charge in [0.05, 0.1) is 5.56 Å². The van der Waals surface area contributed by atoms with Gasteiger partial charge in [-0.1, -0.05) is 13.0 Å². The highest BCUT2D eigenvalue weighted by Crippen LogP contribution is 2.38. The summed E-state index contributed by atoms with van der Waals surface area (Å²) >= 11 is 0. The highest BCUT2D eigenvalue weighted by Gasteiger charge is 2.39. The van der Waals surface area contributed by atoms with E-state index in [1.165, 1.54) is 18.2 Å². The van der Waals surface area contributed by atoms with Gasteiger partial charge < -0.3 is 10.6 Å². The number of carbonyl (C=O) groups is 1. The molecule has 160 valence electrons. The van der Waals surface area contributed by atoms with E-state index in [1.54, 1.807) is 6.07 Å². The molecule has 2 aromatic rings. The summed E-state index contributed by atoms with van der Waals surface area (Å²) in [6, 6.07) is 6.08. The third-order valence-electron chi connectivity index (χ3n) is 5.85. The number of nitrogens with one attached hydrogen (secondary N) is 1. The summed E-state index contributed by atoms with van der Waals surface area (Å²) in [6.07, 6.45) is 3.67. The maximum Gasteiger partial charge on any atom is 0.281 e. The fourth-order valence-corrected chi connectivity index (χ4v) is 5.55. The zero-order chi connectivity index (χ0) is 21.7. The molecule has 1 fully saturated rings. The lowest BCUT2D eigenvalue weighted by atomic mass is 9.97. The Labute approximate surface area is 177 Å². The van der Waals surface area contributed by atoms with Crippen LogP contribution in [0.5, 0.6) is 0 Å². The molecule has 30 heavy (non-hydrogen) atoms. The Balaban J connectivity index is 1.74. The summed E-state index contributed by atoms with van der Waals surface area (Å²) in [5, 5.41) is -0.290. The molecule has 3 heterocycles. The Morgan fingerprint density at radius 3 is 2.70 bits per heavy atom. The van der Waals surface area contributed by atoms with Crippen molar-refractivity contribution in [3.63, 3.8) is 0 Å². The van der Waals surface area contributed by atoms with Crippen LogP contribution in [-0.4, -0.2) is 36.4 Å². The SMILES string of the molecule is C[C@@H]1CN(c2nc3c(cc2C(=O)NS(=O)(=O)c2cccc(N)n2)CCC3)C(C)(C)C1. The number of carbonyl (C=O) groups excluding carboxylic acids is 1. The van der Waals surface area contributed by atoms with Crippen LogP contribution in [0.25, 0.3) is 0 Å². The van der Waals surface area contributed by atoms with Crippen LogP contribution in [0.2, 0.25) is 0 Å². The number of rotatable bonds is 4. The highest BCUT2D eigenvalue weighted by molar-refractivity contribution is 7.90. The molecule has 0 saturated carbocycles. The third kappa shape index (κ3) is 3.74. The second-order valence-corrected chi connectivity index (χ2v) is 10.5. The Morgan fingerprint density at radius 2 is 2.03 bits per heavy atom. The Bertz CT molecular complexity index is 1110. The minimum absolute atomic E-state index is 0.0676. The molecule has 0 bridgehead atoms. The van der Waals surface area contributed by atoms with Gasteiger partial charge in [0.15, 0.2) is 5.03 Å². The number of nitrogen functional groups attached to an aromatic ring is 1. The molecule has 0 unspecified atom stereocenters. The first-order chi connectivity index (χ1) is 14.1. The van der Waals surface area contributed by atoms with Gasteiger partial charge >= 0.3 is 0 Å². The topological polar surface area (TPSA) is 118 Å². The van der Waals surface area contributed by atoms with Crippen molar-refractivity contribution in [3.8, 4) is 0 Å². The molecule has 1 aliphatic heterocycles. The van der Waals surface area contributed by atoms with Crippen molar-refractivity contribution in [1.82, 2.24) is 14.7 Å². The smallest absolute Gasteiger partial charge is 0.281 e. The van der Waals surface area contributed by atoms with Crippen LogP contribution in [0, 0.1) is 5.92 Å². The number of hydrogen-bond acceptors (Lipinski definition) is 7. The van der Waals surface area contributed by atoms with Gasteiger partial charge in [-0.2, -0.15) is 8.42 Å². The number of amides is 1. The quantitative estimate of drug-likeness (QED) is 0.765. The Hall–Kier alpha value is -2.68. The Kier molecular flexibility index (Phi) is 4.96. The molecule has 1 atom stereocenters. The van der Waals surface area contributed by atoms with Crippen LogP contribution < -0.4 is 15.4 Å². The predicted molar refractivity (Wildman–Crippen MR) is 115 cm³/mol. The second-order valence-electron chi connectivity index (χ2n) is 8.89. The largest absolute Gasteiger partial charge is 0.384 e. The van der Waals surface area contributed by atoms with E-state index in [0.29, 0.717) is 11.7 Å². The number of nitrogens with zero attached hydrogens (tertiary/aromatic N) is 3. The molecular weight excluding hydrogens is 402 g/mol. The van der Waals surface area contributed by atoms with E-state index in [-0.39, 0.29) is 21.9 Å². The molecule has 2 aliphatic rings. The molecule has 4 rings (SSSR count). The van der Waals surface area contributed by atoms with Crippen LogP contribution in [-0.2, 0) is 22.9 Å². The third-order valence-corrected chi connectivity index (χ3v) is 7.08. The molecule has 3 N–H and O–H groups in total. The van der Waals surface area contributed by atoms with E-state index in [1.807, 2.05) is 0 Å². The number of sulfonamides is 1. The lowest BCUT2D eigenvalue weighted by Crippen LogP contribution is -2.41. The number of pyridine rings is 2. The average Bonchev–Trinajstić information content (AvgIpc) is 3.22. The summed E-state index contributed by atoms with van der Waals surface area (Å²) in [5.74, 6) is 0.370. The number of aromatic nitrogens is 2. The van der Waals surface area contributed by atoms with Crippen molar-refractivity contribution in [2.45, 2.75) is 57.0 Å². The van der Waals surface area contributed by atoms with Crippen molar-refractivity contribution in [3.05, 3.63) is 41.1 Å². The summed E-state index contributed by atoms with van der Waals surface area (Å²) in [4.78, 5) is 24.0. The van der Waals surface area contributed by atoms with Gasteiger partial charge in [0.25, 0.3) is 15.9 Å². The molecule has 2 aromatic heterocycles. The van der Waals surface area contributed by atoms with Gasteiger partial charge in [-0.15, -0.1) is 0 Å². The van der Waals surface area contributed by atoms with Gasteiger partial charge in [0.2, 0.25) is 0 Å². The predicted octanol–water partition coefficient (Wildman–Crippen LogP) is 2.29. The molecule has 0 spiro atoms. The fraction of sp³-hybridized carbons (Fsp3) is 0.476. The minimum atomic E-state index is -4.16. The molecule has 9 heteroatoms. The molecular formula is C21H27N5O3S. The van der Waals surface area contributed by atoms with E-state index < -0.39 is 15.9 Å². The monoisotopic (exact) mass is 429 g/mol. The first kappa shape index (κ1) is 20.6. The van der Waals surface area contributed by atoms with Crippen LogP contribution in [0.4, 0.5) is 11.6 Å². The van der Waals surface area contributed by atoms with Crippen molar-refractivity contribution < 1.29 is 13.2 Å². The number of hydrogen-bond donors (Lipinski definition) is 2. The number of anilines is 2. The number of aryl methyl sites for hydroxylation is 2. The van der Waals surface area contributed by atoms with Gasteiger partial charge in [-0.05, 0) is 69.2 Å². The van der Waals surface area contributed by atoms with Crippen molar-refractivity contribution >= 4 is 27.6 Å². The van der Waals surface area contributed by atoms with E-state index >= 15 is 0 Å². The molecule has 1 aliphatic carbocycles. The van der Waals surface area contributed by atoms with E-state index in [4.69, 9.17) is 10.7 Å².